The monoisotopic (exact) mass is 284 g/mol. The molecule has 2 aromatic rings. The Morgan fingerprint density at radius 2 is 2.10 bits per heavy atom. The van der Waals surface area contributed by atoms with E-state index >= 15 is 0 Å². The fourth-order valence-corrected chi connectivity index (χ4v) is 2.64. The van der Waals surface area contributed by atoms with Gasteiger partial charge in [0.15, 0.2) is 0 Å². The van der Waals surface area contributed by atoms with Gasteiger partial charge in [0.2, 0.25) is 5.91 Å². The number of amides is 1. The van der Waals surface area contributed by atoms with Gasteiger partial charge in [0.25, 0.3) is 0 Å². The van der Waals surface area contributed by atoms with Gasteiger partial charge in [-0.1, -0.05) is 12.1 Å². The number of aryl methyl sites for hydroxylation is 1. The van der Waals surface area contributed by atoms with Crippen LogP contribution in [0.2, 0.25) is 0 Å². The zero-order chi connectivity index (χ0) is 14.4. The molecule has 0 bridgehead atoms. The summed E-state index contributed by atoms with van der Waals surface area (Å²) in [4.78, 5) is 11.9. The number of hydrogen-bond donors (Lipinski definition) is 1. The summed E-state index contributed by atoms with van der Waals surface area (Å²) in [5.74, 6) is 0.0491. The Labute approximate surface area is 122 Å². The minimum Gasteiger partial charge on any atom is -0.350 e. The molecule has 4 heteroatoms. The smallest absolute Gasteiger partial charge is 0.220 e. The van der Waals surface area contributed by atoms with Gasteiger partial charge in [0.05, 0.1) is 17.7 Å². The molecule has 1 atom stereocenters. The SMILES string of the molecule is CC(NC(=O)CCc1ccsc1)c1ccc(C#N)cc1. The molecule has 102 valence electrons. The first kappa shape index (κ1) is 14.3. The molecule has 0 aliphatic carbocycles. The van der Waals surface area contributed by atoms with Gasteiger partial charge in [-0.25, -0.2) is 0 Å². The Morgan fingerprint density at radius 1 is 1.35 bits per heavy atom. The number of thiophene rings is 1. The molecule has 1 N–H and O–H groups in total. The number of carbonyl (C=O) groups excluding carboxylic acids is 1. The summed E-state index contributed by atoms with van der Waals surface area (Å²) in [5.41, 5.74) is 2.84. The Balaban J connectivity index is 1.85. The first-order valence-corrected chi connectivity index (χ1v) is 7.44. The van der Waals surface area contributed by atoms with Crippen LogP contribution < -0.4 is 5.32 Å². The molecule has 1 aromatic carbocycles. The van der Waals surface area contributed by atoms with Gasteiger partial charge < -0.3 is 5.32 Å². The van der Waals surface area contributed by atoms with Crippen LogP contribution in [0, 0.1) is 11.3 Å². The van der Waals surface area contributed by atoms with Crippen molar-refractivity contribution in [1.29, 1.82) is 5.26 Å². The highest BCUT2D eigenvalue weighted by Crippen LogP contribution is 2.14. The van der Waals surface area contributed by atoms with Crippen molar-refractivity contribution in [3.8, 4) is 6.07 Å². The molecule has 0 spiro atoms. The van der Waals surface area contributed by atoms with Crippen molar-refractivity contribution in [3.05, 3.63) is 57.8 Å². The number of carbonyl (C=O) groups is 1. The molecular weight excluding hydrogens is 268 g/mol. The topological polar surface area (TPSA) is 52.9 Å². The summed E-state index contributed by atoms with van der Waals surface area (Å²) in [6.07, 6.45) is 1.27. The average molecular weight is 284 g/mol. The maximum absolute atomic E-state index is 11.9. The first-order valence-electron chi connectivity index (χ1n) is 6.49. The zero-order valence-electron chi connectivity index (χ0n) is 11.3. The summed E-state index contributed by atoms with van der Waals surface area (Å²) in [5, 5.41) is 15.8. The fourth-order valence-electron chi connectivity index (χ4n) is 1.94. The van der Waals surface area contributed by atoms with E-state index in [0.717, 1.165) is 12.0 Å². The van der Waals surface area contributed by atoms with Gasteiger partial charge in [-0.3, -0.25) is 4.79 Å². The Kier molecular flexibility index (Phi) is 4.91. The molecule has 2 rings (SSSR count). The number of hydrogen-bond acceptors (Lipinski definition) is 3. The standard InChI is InChI=1S/C16H16N2OS/c1-12(15-5-2-13(10-17)3-6-15)18-16(19)7-4-14-8-9-20-11-14/h2-3,5-6,8-9,11-12H,4,7H2,1H3,(H,18,19). The van der Waals surface area contributed by atoms with Crippen molar-refractivity contribution >= 4 is 17.2 Å². The Hall–Kier alpha value is -2.12. The second-order valence-corrected chi connectivity index (χ2v) is 5.43. The molecule has 0 aliphatic heterocycles. The number of rotatable bonds is 5. The summed E-state index contributed by atoms with van der Waals surface area (Å²) in [6, 6.07) is 11.4. The predicted octanol–water partition coefficient (Wildman–Crippen LogP) is 3.43. The summed E-state index contributed by atoms with van der Waals surface area (Å²) < 4.78 is 0. The lowest BCUT2D eigenvalue weighted by Crippen LogP contribution is -2.26. The molecule has 20 heavy (non-hydrogen) atoms. The lowest BCUT2D eigenvalue weighted by atomic mass is 10.1. The third kappa shape index (κ3) is 3.94. The van der Waals surface area contributed by atoms with Crippen LogP contribution in [0.25, 0.3) is 0 Å². The highest BCUT2D eigenvalue weighted by Gasteiger charge is 2.09. The van der Waals surface area contributed by atoms with E-state index in [0.29, 0.717) is 12.0 Å². The largest absolute Gasteiger partial charge is 0.350 e. The molecule has 3 nitrogen and oxygen atoms in total. The normalized spacial score (nSPS) is 11.6. The second kappa shape index (κ2) is 6.88. The molecule has 0 fully saturated rings. The van der Waals surface area contributed by atoms with Gasteiger partial charge >= 0.3 is 0 Å². The van der Waals surface area contributed by atoms with E-state index in [4.69, 9.17) is 5.26 Å². The van der Waals surface area contributed by atoms with Crippen LogP contribution in [-0.2, 0) is 11.2 Å². The molecule has 0 saturated heterocycles. The highest BCUT2D eigenvalue weighted by molar-refractivity contribution is 7.07. The number of nitrogens with zero attached hydrogens (tertiary/aromatic N) is 1. The number of benzene rings is 1. The van der Waals surface area contributed by atoms with Crippen molar-refractivity contribution < 1.29 is 4.79 Å². The third-order valence-corrected chi connectivity index (χ3v) is 3.87. The summed E-state index contributed by atoms with van der Waals surface area (Å²) in [7, 11) is 0. The number of nitriles is 1. The third-order valence-electron chi connectivity index (χ3n) is 3.14. The summed E-state index contributed by atoms with van der Waals surface area (Å²) in [6.45, 7) is 1.95. The Morgan fingerprint density at radius 3 is 2.70 bits per heavy atom. The van der Waals surface area contributed by atoms with Crippen LogP contribution in [0.4, 0.5) is 0 Å². The quantitative estimate of drug-likeness (QED) is 0.914. The molecule has 0 radical (unpaired) electrons. The van der Waals surface area contributed by atoms with Gasteiger partial charge in [-0.15, -0.1) is 0 Å². The molecule has 1 heterocycles. The van der Waals surface area contributed by atoms with Crippen molar-refractivity contribution in [2.45, 2.75) is 25.8 Å². The molecule has 0 saturated carbocycles. The van der Waals surface area contributed by atoms with Crippen LogP contribution in [0.1, 0.15) is 36.1 Å². The summed E-state index contributed by atoms with van der Waals surface area (Å²) >= 11 is 1.65. The van der Waals surface area contributed by atoms with E-state index in [1.54, 1.807) is 23.5 Å². The van der Waals surface area contributed by atoms with Crippen molar-refractivity contribution in [1.82, 2.24) is 5.32 Å². The van der Waals surface area contributed by atoms with Crippen molar-refractivity contribution in [2.75, 3.05) is 0 Å². The molecule has 0 aliphatic rings. The van der Waals surface area contributed by atoms with Gasteiger partial charge in [0, 0.05) is 6.42 Å². The van der Waals surface area contributed by atoms with Gasteiger partial charge in [-0.2, -0.15) is 16.6 Å². The van der Waals surface area contributed by atoms with E-state index in [2.05, 4.69) is 16.8 Å². The molecule has 1 unspecified atom stereocenters. The lowest BCUT2D eigenvalue weighted by molar-refractivity contribution is -0.121. The minimum absolute atomic E-state index is 0.0438. The van der Waals surface area contributed by atoms with Crippen LogP contribution in [-0.4, -0.2) is 5.91 Å². The number of nitrogens with one attached hydrogen (secondary N) is 1. The zero-order valence-corrected chi connectivity index (χ0v) is 12.1. The van der Waals surface area contributed by atoms with E-state index in [9.17, 15) is 4.79 Å². The van der Waals surface area contributed by atoms with Crippen LogP contribution >= 0.6 is 11.3 Å². The van der Waals surface area contributed by atoms with Crippen molar-refractivity contribution in [2.24, 2.45) is 0 Å². The van der Waals surface area contributed by atoms with E-state index in [1.807, 2.05) is 30.5 Å². The highest BCUT2D eigenvalue weighted by atomic mass is 32.1. The van der Waals surface area contributed by atoms with Crippen molar-refractivity contribution in [3.63, 3.8) is 0 Å². The molecular formula is C16H16N2OS. The molecule has 1 amide bonds. The van der Waals surface area contributed by atoms with Crippen LogP contribution in [0.5, 0.6) is 0 Å². The predicted molar refractivity (Wildman–Crippen MR) is 80.4 cm³/mol. The van der Waals surface area contributed by atoms with Crippen LogP contribution in [0.15, 0.2) is 41.1 Å². The van der Waals surface area contributed by atoms with E-state index in [-0.39, 0.29) is 11.9 Å². The minimum atomic E-state index is -0.0438. The van der Waals surface area contributed by atoms with Gasteiger partial charge in [0.1, 0.15) is 0 Å². The first-order chi connectivity index (χ1) is 9.69. The second-order valence-electron chi connectivity index (χ2n) is 4.65. The molecule has 1 aromatic heterocycles. The maximum Gasteiger partial charge on any atom is 0.220 e. The fraction of sp³-hybridized carbons (Fsp3) is 0.250. The Bertz CT molecular complexity index is 596. The van der Waals surface area contributed by atoms with E-state index in [1.165, 1.54) is 5.56 Å². The lowest BCUT2D eigenvalue weighted by Gasteiger charge is -2.14. The maximum atomic E-state index is 11.9. The van der Waals surface area contributed by atoms with Crippen LogP contribution in [0.3, 0.4) is 0 Å². The van der Waals surface area contributed by atoms with E-state index < -0.39 is 0 Å². The average Bonchev–Trinajstić information content (AvgIpc) is 2.98. The van der Waals surface area contributed by atoms with Gasteiger partial charge in [-0.05, 0) is 53.4 Å².